The average molecular weight is 394 g/mol. The fourth-order valence-corrected chi connectivity index (χ4v) is 4.04. The molecule has 0 N–H and O–H groups in total. The van der Waals surface area contributed by atoms with Gasteiger partial charge >= 0.3 is 0 Å². The fraction of sp³-hybridized carbons (Fsp3) is 0.333. The van der Waals surface area contributed by atoms with Gasteiger partial charge in [0.1, 0.15) is 0 Å². The molecule has 0 aliphatic heterocycles. The van der Waals surface area contributed by atoms with Gasteiger partial charge in [-0.1, -0.05) is 42.1 Å². The highest BCUT2D eigenvalue weighted by atomic mass is 32.2. The van der Waals surface area contributed by atoms with Gasteiger partial charge in [0.2, 0.25) is 5.91 Å². The number of rotatable bonds is 8. The third-order valence-corrected chi connectivity index (χ3v) is 5.72. The molecule has 2 heterocycles. The summed E-state index contributed by atoms with van der Waals surface area (Å²) in [6, 6.07) is 14.4. The number of hydrogen-bond acceptors (Lipinski definition) is 5. The van der Waals surface area contributed by atoms with Gasteiger partial charge < -0.3 is 4.90 Å². The van der Waals surface area contributed by atoms with Gasteiger partial charge in [-0.25, -0.2) is 0 Å². The smallest absolute Gasteiger partial charge is 0.233 e. The number of carbonyl (C=O) groups is 1. The lowest BCUT2D eigenvalue weighted by atomic mass is 10.2. The van der Waals surface area contributed by atoms with E-state index in [2.05, 4.69) is 19.7 Å². The monoisotopic (exact) mass is 393 g/mol. The summed E-state index contributed by atoms with van der Waals surface area (Å²) in [6.07, 6.45) is 5.79. The van der Waals surface area contributed by atoms with Crippen LogP contribution in [0.3, 0.4) is 0 Å². The van der Waals surface area contributed by atoms with Crippen molar-refractivity contribution in [1.82, 2.24) is 24.6 Å². The minimum absolute atomic E-state index is 0.118. The van der Waals surface area contributed by atoms with E-state index in [0.29, 0.717) is 24.9 Å². The first-order chi connectivity index (χ1) is 13.8. The molecule has 144 valence electrons. The van der Waals surface area contributed by atoms with Gasteiger partial charge in [-0.05, 0) is 37.5 Å². The number of pyridine rings is 1. The molecule has 6 nitrogen and oxygen atoms in total. The van der Waals surface area contributed by atoms with Crippen LogP contribution in [-0.2, 0) is 11.3 Å². The summed E-state index contributed by atoms with van der Waals surface area (Å²) in [6.45, 7) is 3.33. The molecule has 3 aromatic rings. The Morgan fingerprint density at radius 3 is 2.57 bits per heavy atom. The van der Waals surface area contributed by atoms with Crippen molar-refractivity contribution in [2.45, 2.75) is 37.5 Å². The Morgan fingerprint density at radius 1 is 1.14 bits per heavy atom. The van der Waals surface area contributed by atoms with Gasteiger partial charge in [0.15, 0.2) is 11.0 Å². The predicted molar refractivity (Wildman–Crippen MR) is 110 cm³/mol. The van der Waals surface area contributed by atoms with Crippen molar-refractivity contribution in [3.8, 4) is 11.4 Å². The zero-order valence-corrected chi connectivity index (χ0v) is 16.7. The Hall–Kier alpha value is -2.67. The molecule has 0 radical (unpaired) electrons. The lowest BCUT2D eigenvalue weighted by Gasteiger charge is -2.20. The van der Waals surface area contributed by atoms with E-state index in [1.165, 1.54) is 11.8 Å². The molecule has 7 heteroatoms. The summed E-state index contributed by atoms with van der Waals surface area (Å²) >= 11 is 1.48. The maximum absolute atomic E-state index is 12.8. The highest BCUT2D eigenvalue weighted by molar-refractivity contribution is 7.99. The first-order valence-electron chi connectivity index (χ1n) is 9.56. The first-order valence-corrected chi connectivity index (χ1v) is 10.5. The van der Waals surface area contributed by atoms with Gasteiger partial charge in [-0.2, -0.15) is 0 Å². The maximum Gasteiger partial charge on any atom is 0.233 e. The van der Waals surface area contributed by atoms with Crippen LogP contribution in [0.5, 0.6) is 0 Å². The number of carbonyl (C=O) groups excluding carboxylic acids is 1. The summed E-state index contributed by atoms with van der Waals surface area (Å²) in [5.74, 6) is 1.34. The molecule has 1 amide bonds. The third-order valence-electron chi connectivity index (χ3n) is 4.79. The number of aromatic nitrogens is 4. The van der Waals surface area contributed by atoms with E-state index in [4.69, 9.17) is 0 Å². The van der Waals surface area contributed by atoms with Crippen LogP contribution < -0.4 is 0 Å². The number of nitrogens with zero attached hydrogens (tertiary/aromatic N) is 5. The second kappa shape index (κ2) is 8.56. The SMILES string of the molecule is CCN(Cc1ccccc1)C(=O)CSc1nnc(-c2ccncc2)n1C1CC1. The first kappa shape index (κ1) is 18.7. The van der Waals surface area contributed by atoms with Crippen LogP contribution in [0.15, 0.2) is 60.0 Å². The molecule has 1 aromatic carbocycles. The molecular weight excluding hydrogens is 370 g/mol. The highest BCUT2D eigenvalue weighted by Crippen LogP contribution is 2.41. The Balaban J connectivity index is 1.46. The van der Waals surface area contributed by atoms with Gasteiger partial charge in [0.25, 0.3) is 0 Å². The van der Waals surface area contributed by atoms with E-state index in [1.54, 1.807) is 12.4 Å². The molecule has 0 saturated heterocycles. The lowest BCUT2D eigenvalue weighted by Crippen LogP contribution is -2.31. The van der Waals surface area contributed by atoms with Crippen LogP contribution >= 0.6 is 11.8 Å². The van der Waals surface area contributed by atoms with E-state index in [-0.39, 0.29) is 5.91 Å². The molecule has 0 atom stereocenters. The average Bonchev–Trinajstić information content (AvgIpc) is 3.50. The van der Waals surface area contributed by atoms with Crippen molar-refractivity contribution < 1.29 is 4.79 Å². The Kier molecular flexibility index (Phi) is 5.71. The summed E-state index contributed by atoms with van der Waals surface area (Å²) < 4.78 is 2.18. The molecule has 1 fully saturated rings. The van der Waals surface area contributed by atoms with Gasteiger partial charge in [-0.15, -0.1) is 10.2 Å². The summed E-state index contributed by atoms with van der Waals surface area (Å²) in [4.78, 5) is 18.7. The molecule has 0 spiro atoms. The zero-order valence-electron chi connectivity index (χ0n) is 15.9. The second-order valence-electron chi connectivity index (χ2n) is 6.83. The molecule has 28 heavy (non-hydrogen) atoms. The number of benzene rings is 1. The Morgan fingerprint density at radius 2 is 1.89 bits per heavy atom. The van der Waals surface area contributed by atoms with E-state index < -0.39 is 0 Å². The normalized spacial score (nSPS) is 13.5. The molecule has 1 saturated carbocycles. The number of amides is 1. The van der Waals surface area contributed by atoms with Crippen molar-refractivity contribution in [2.75, 3.05) is 12.3 Å². The van der Waals surface area contributed by atoms with Gasteiger partial charge in [0, 0.05) is 37.1 Å². The van der Waals surface area contributed by atoms with E-state index in [0.717, 1.165) is 34.9 Å². The lowest BCUT2D eigenvalue weighted by molar-refractivity contribution is -0.128. The van der Waals surface area contributed by atoms with Crippen molar-refractivity contribution in [3.63, 3.8) is 0 Å². The van der Waals surface area contributed by atoms with E-state index in [9.17, 15) is 4.79 Å². The van der Waals surface area contributed by atoms with Crippen LogP contribution in [0, 0.1) is 0 Å². The molecule has 0 unspecified atom stereocenters. The molecule has 1 aliphatic rings. The van der Waals surface area contributed by atoms with E-state index >= 15 is 0 Å². The van der Waals surface area contributed by atoms with Crippen molar-refractivity contribution in [2.24, 2.45) is 0 Å². The maximum atomic E-state index is 12.8. The third kappa shape index (κ3) is 4.25. The van der Waals surface area contributed by atoms with Crippen LogP contribution in [0.2, 0.25) is 0 Å². The summed E-state index contributed by atoms with van der Waals surface area (Å²) in [7, 11) is 0. The Bertz CT molecular complexity index is 924. The second-order valence-corrected chi connectivity index (χ2v) is 7.77. The van der Waals surface area contributed by atoms with E-state index in [1.807, 2.05) is 54.3 Å². The van der Waals surface area contributed by atoms with Crippen LogP contribution in [0.25, 0.3) is 11.4 Å². The zero-order chi connectivity index (χ0) is 19.3. The topological polar surface area (TPSA) is 63.9 Å². The predicted octanol–water partition coefficient (Wildman–Crippen LogP) is 3.82. The highest BCUT2D eigenvalue weighted by Gasteiger charge is 2.30. The standard InChI is InChI=1S/C21H23N5OS/c1-2-25(14-16-6-4-3-5-7-16)19(27)15-28-21-24-23-20(26(21)18-8-9-18)17-10-12-22-13-11-17/h3-7,10-13,18H,2,8-9,14-15H2,1H3. The largest absolute Gasteiger partial charge is 0.338 e. The van der Waals surface area contributed by atoms with Crippen LogP contribution in [0.1, 0.15) is 31.4 Å². The number of hydrogen-bond donors (Lipinski definition) is 0. The summed E-state index contributed by atoms with van der Waals surface area (Å²) in [5.41, 5.74) is 2.15. The quantitative estimate of drug-likeness (QED) is 0.545. The molecule has 4 rings (SSSR count). The Labute approximate surface area is 169 Å². The number of thioether (sulfide) groups is 1. The minimum Gasteiger partial charge on any atom is -0.338 e. The van der Waals surface area contributed by atoms with Gasteiger partial charge in [-0.3, -0.25) is 14.3 Å². The van der Waals surface area contributed by atoms with Crippen LogP contribution in [0.4, 0.5) is 0 Å². The fourth-order valence-electron chi connectivity index (χ4n) is 3.13. The van der Waals surface area contributed by atoms with Gasteiger partial charge in [0.05, 0.1) is 5.75 Å². The van der Waals surface area contributed by atoms with Crippen LogP contribution in [-0.4, -0.2) is 42.9 Å². The minimum atomic E-state index is 0.118. The summed E-state index contributed by atoms with van der Waals surface area (Å²) in [5, 5.41) is 9.60. The van der Waals surface area contributed by atoms with Crippen molar-refractivity contribution in [3.05, 3.63) is 60.4 Å². The molecule has 2 aromatic heterocycles. The van der Waals surface area contributed by atoms with Crippen molar-refractivity contribution >= 4 is 17.7 Å². The molecule has 0 bridgehead atoms. The molecular formula is C21H23N5OS. The van der Waals surface area contributed by atoms with Crippen molar-refractivity contribution in [1.29, 1.82) is 0 Å². The molecule has 1 aliphatic carbocycles.